The number of aromatic nitrogens is 1. The van der Waals surface area contributed by atoms with E-state index < -0.39 is 0 Å². The lowest BCUT2D eigenvalue weighted by atomic mass is 9.88. The van der Waals surface area contributed by atoms with E-state index in [0.29, 0.717) is 24.4 Å². The van der Waals surface area contributed by atoms with Crippen molar-refractivity contribution in [3.8, 4) is 0 Å². The van der Waals surface area contributed by atoms with Crippen molar-refractivity contribution in [2.45, 2.75) is 75.4 Å². The normalized spacial score (nSPS) is 30.2. The summed E-state index contributed by atoms with van der Waals surface area (Å²) in [6, 6.07) is 1.33. The van der Waals surface area contributed by atoms with Gasteiger partial charge in [-0.15, -0.1) is 36.2 Å². The van der Waals surface area contributed by atoms with Gasteiger partial charge in [-0.3, -0.25) is 4.79 Å². The van der Waals surface area contributed by atoms with Crippen LogP contribution in [0, 0.1) is 5.92 Å². The van der Waals surface area contributed by atoms with Crippen molar-refractivity contribution in [2.75, 3.05) is 0 Å². The van der Waals surface area contributed by atoms with Crippen LogP contribution in [0.5, 0.6) is 0 Å². The monoisotopic (exact) mass is 391 g/mol. The molecule has 4 rings (SSSR count). The molecule has 1 amide bonds. The summed E-state index contributed by atoms with van der Waals surface area (Å²) in [5.74, 6) is 0.803. The highest BCUT2D eigenvalue weighted by Gasteiger charge is 2.40. The van der Waals surface area contributed by atoms with Gasteiger partial charge in [0.15, 0.2) is 0 Å². The maximum Gasteiger partial charge on any atom is 0.221 e. The average molecular weight is 392 g/mol. The van der Waals surface area contributed by atoms with E-state index in [2.05, 4.69) is 15.6 Å². The Labute approximate surface area is 160 Å². The molecule has 2 saturated heterocycles. The molecule has 2 atom stereocenters. The molecule has 2 unspecified atom stereocenters. The fraction of sp³-hybridized carbons (Fsp3) is 0.765. The number of amides is 1. The Balaban J connectivity index is 0.00000104. The number of carbonyl (C=O) groups is 1. The number of halogens is 2. The third-order valence-corrected chi connectivity index (χ3v) is 6.70. The minimum atomic E-state index is -0.169. The van der Waals surface area contributed by atoms with Crippen LogP contribution in [-0.4, -0.2) is 23.0 Å². The van der Waals surface area contributed by atoms with Crippen LogP contribution in [-0.2, 0) is 10.3 Å². The summed E-state index contributed by atoms with van der Waals surface area (Å²) in [5.41, 5.74) is -0.169. The third-order valence-electron chi connectivity index (χ3n) is 5.72. The Morgan fingerprint density at radius 3 is 2.50 bits per heavy atom. The Morgan fingerprint density at radius 1 is 1.25 bits per heavy atom. The summed E-state index contributed by atoms with van der Waals surface area (Å²) in [7, 11) is 0. The van der Waals surface area contributed by atoms with Gasteiger partial charge in [0.25, 0.3) is 0 Å². The van der Waals surface area contributed by atoms with Crippen LogP contribution in [0.4, 0.5) is 0 Å². The molecular weight excluding hydrogens is 365 g/mol. The Morgan fingerprint density at radius 2 is 1.92 bits per heavy atom. The van der Waals surface area contributed by atoms with Crippen molar-refractivity contribution in [1.29, 1.82) is 0 Å². The van der Waals surface area contributed by atoms with Crippen molar-refractivity contribution in [3.63, 3.8) is 0 Å². The predicted octanol–water partition coefficient (Wildman–Crippen LogP) is 3.79. The van der Waals surface area contributed by atoms with Gasteiger partial charge in [0.1, 0.15) is 5.01 Å². The van der Waals surface area contributed by atoms with E-state index in [1.54, 1.807) is 11.3 Å². The van der Waals surface area contributed by atoms with E-state index in [1.807, 2.05) is 11.6 Å². The van der Waals surface area contributed by atoms with Crippen molar-refractivity contribution >= 4 is 42.1 Å². The van der Waals surface area contributed by atoms with Gasteiger partial charge in [0.2, 0.25) is 5.91 Å². The highest BCUT2D eigenvalue weighted by Crippen LogP contribution is 2.40. The summed E-state index contributed by atoms with van der Waals surface area (Å²) in [4.78, 5) is 17.1. The molecule has 1 aromatic rings. The van der Waals surface area contributed by atoms with Crippen LogP contribution in [0.25, 0.3) is 0 Å². The van der Waals surface area contributed by atoms with Crippen LogP contribution in [0.3, 0.4) is 0 Å². The van der Waals surface area contributed by atoms with Gasteiger partial charge in [0.05, 0.1) is 5.54 Å². The summed E-state index contributed by atoms with van der Waals surface area (Å²) in [5, 5.41) is 10.2. The molecule has 0 spiro atoms. The lowest BCUT2D eigenvalue weighted by Crippen LogP contribution is -2.45. The van der Waals surface area contributed by atoms with Gasteiger partial charge in [-0.25, -0.2) is 4.98 Å². The van der Waals surface area contributed by atoms with Gasteiger partial charge < -0.3 is 10.6 Å². The van der Waals surface area contributed by atoms with Gasteiger partial charge in [-0.1, -0.05) is 12.8 Å². The standard InChI is InChI=1S/C17H25N3OS.2ClH/c21-15(11-12-9-13-3-4-14(10-12)19-13)20-17(5-1-2-6-17)16-18-7-8-22-16;;/h7-8,12-14,19H,1-6,9-11H2,(H,20,21);2*1H. The van der Waals surface area contributed by atoms with Crippen LogP contribution in [0.15, 0.2) is 11.6 Å². The van der Waals surface area contributed by atoms with E-state index >= 15 is 0 Å². The van der Waals surface area contributed by atoms with Crippen molar-refractivity contribution < 1.29 is 4.79 Å². The molecule has 0 aromatic carbocycles. The largest absolute Gasteiger partial charge is 0.344 e. The van der Waals surface area contributed by atoms with Gasteiger partial charge in [-0.05, 0) is 44.4 Å². The second-order valence-electron chi connectivity index (χ2n) is 7.35. The molecule has 3 aliphatic rings. The number of nitrogens with one attached hydrogen (secondary N) is 2. The SMILES string of the molecule is Cl.Cl.O=C(CC1CC2CCC(C1)N2)NC1(c2nccs2)CCCC1. The second kappa shape index (κ2) is 8.35. The Bertz CT molecular complexity index is 522. The summed E-state index contributed by atoms with van der Waals surface area (Å²) in [6.07, 6.45) is 12.0. The lowest BCUT2D eigenvalue weighted by molar-refractivity contribution is -0.124. The van der Waals surface area contributed by atoms with E-state index in [9.17, 15) is 4.79 Å². The van der Waals surface area contributed by atoms with Gasteiger partial charge >= 0.3 is 0 Å². The number of thiazole rings is 1. The van der Waals surface area contributed by atoms with Crippen LogP contribution in [0.1, 0.15) is 62.8 Å². The number of hydrogen-bond donors (Lipinski definition) is 2. The molecule has 0 radical (unpaired) electrons. The minimum absolute atomic E-state index is 0. The molecule has 7 heteroatoms. The third kappa shape index (κ3) is 4.06. The van der Waals surface area contributed by atoms with Crippen LogP contribution in [0.2, 0.25) is 0 Å². The molecule has 1 aliphatic carbocycles. The number of hydrogen-bond acceptors (Lipinski definition) is 4. The maximum atomic E-state index is 12.6. The molecule has 1 aromatic heterocycles. The van der Waals surface area contributed by atoms with E-state index in [4.69, 9.17) is 0 Å². The van der Waals surface area contributed by atoms with Crippen LogP contribution < -0.4 is 10.6 Å². The molecule has 4 nitrogen and oxygen atoms in total. The number of piperidine rings is 1. The first kappa shape index (κ1) is 20.0. The fourth-order valence-corrected chi connectivity index (χ4v) is 5.61. The van der Waals surface area contributed by atoms with Crippen LogP contribution >= 0.6 is 36.2 Å². The molecular formula is C17H27Cl2N3OS. The average Bonchev–Trinajstić information content (AvgIpc) is 3.20. The zero-order valence-electron chi connectivity index (χ0n) is 13.8. The number of fused-ring (bicyclic) bond motifs is 2. The maximum absolute atomic E-state index is 12.6. The highest BCUT2D eigenvalue weighted by molar-refractivity contribution is 7.09. The second-order valence-corrected chi connectivity index (χ2v) is 8.25. The number of rotatable bonds is 4. The topological polar surface area (TPSA) is 54.0 Å². The predicted molar refractivity (Wildman–Crippen MR) is 102 cm³/mol. The van der Waals surface area contributed by atoms with E-state index in [0.717, 1.165) is 17.8 Å². The molecule has 2 aliphatic heterocycles. The molecule has 3 heterocycles. The molecule has 3 fully saturated rings. The summed E-state index contributed by atoms with van der Waals surface area (Å²) >= 11 is 1.68. The van der Waals surface area contributed by atoms with Gasteiger partial charge in [-0.2, -0.15) is 0 Å². The summed E-state index contributed by atoms with van der Waals surface area (Å²) in [6.45, 7) is 0. The molecule has 24 heavy (non-hydrogen) atoms. The lowest BCUT2D eigenvalue weighted by Gasteiger charge is -2.32. The highest BCUT2D eigenvalue weighted by atomic mass is 35.5. The molecule has 136 valence electrons. The first-order valence-electron chi connectivity index (χ1n) is 8.70. The molecule has 1 saturated carbocycles. The van der Waals surface area contributed by atoms with Crippen molar-refractivity contribution in [2.24, 2.45) is 5.92 Å². The minimum Gasteiger partial charge on any atom is -0.344 e. The first-order valence-corrected chi connectivity index (χ1v) is 9.58. The zero-order chi connectivity index (χ0) is 15.0. The zero-order valence-corrected chi connectivity index (χ0v) is 16.3. The summed E-state index contributed by atoms with van der Waals surface area (Å²) < 4.78 is 0. The van der Waals surface area contributed by atoms with E-state index in [-0.39, 0.29) is 36.3 Å². The Kier molecular flexibility index (Phi) is 6.94. The number of nitrogens with zero attached hydrogens (tertiary/aromatic N) is 1. The Hall–Kier alpha value is -0.360. The fourth-order valence-electron chi connectivity index (χ4n) is 4.75. The molecule has 2 bridgehead atoms. The van der Waals surface area contributed by atoms with Gasteiger partial charge in [0, 0.05) is 30.1 Å². The van der Waals surface area contributed by atoms with Crippen molar-refractivity contribution in [1.82, 2.24) is 15.6 Å². The van der Waals surface area contributed by atoms with Crippen molar-refractivity contribution in [3.05, 3.63) is 16.6 Å². The van der Waals surface area contributed by atoms with E-state index in [1.165, 1.54) is 38.5 Å². The smallest absolute Gasteiger partial charge is 0.221 e. The first-order chi connectivity index (χ1) is 10.7. The number of carbonyl (C=O) groups excluding carboxylic acids is 1. The molecule has 2 N–H and O–H groups in total. The quantitative estimate of drug-likeness (QED) is 0.820.